The number of amides is 1. The number of nitrogens with one attached hydrogen (secondary N) is 1. The van der Waals surface area contributed by atoms with Gasteiger partial charge in [0.05, 0.1) is 11.3 Å². The van der Waals surface area contributed by atoms with E-state index < -0.39 is 0 Å². The Balaban J connectivity index is 1.64. The monoisotopic (exact) mass is 345 g/mol. The van der Waals surface area contributed by atoms with E-state index in [4.69, 9.17) is 23.2 Å². The van der Waals surface area contributed by atoms with Crippen molar-refractivity contribution in [3.05, 3.63) is 75.7 Å². The van der Waals surface area contributed by atoms with Gasteiger partial charge in [0.1, 0.15) is 5.16 Å². The number of aromatic nitrogens is 1. The van der Waals surface area contributed by atoms with Crippen LogP contribution in [0.5, 0.6) is 0 Å². The number of hydrogen-bond donors (Lipinski definition) is 1. The summed E-state index contributed by atoms with van der Waals surface area (Å²) in [6.07, 6.45) is 3.79. The third-order valence-electron chi connectivity index (χ3n) is 3.44. The fourth-order valence-corrected chi connectivity index (χ4v) is 2.74. The van der Waals surface area contributed by atoms with E-state index in [1.54, 1.807) is 18.5 Å². The lowest BCUT2D eigenvalue weighted by molar-refractivity contribution is -0.117. The molecule has 0 saturated carbocycles. The summed E-state index contributed by atoms with van der Waals surface area (Å²) in [6, 6.07) is 11.1. The predicted molar refractivity (Wildman–Crippen MR) is 91.6 cm³/mol. The largest absolute Gasteiger partial charge is 0.348 e. The third kappa shape index (κ3) is 3.78. The Morgan fingerprint density at radius 3 is 2.83 bits per heavy atom. The molecule has 0 aliphatic carbocycles. The van der Waals surface area contributed by atoms with E-state index in [0.717, 1.165) is 16.8 Å². The summed E-state index contributed by atoms with van der Waals surface area (Å²) in [7, 11) is 0. The zero-order chi connectivity index (χ0) is 16.2. The van der Waals surface area contributed by atoms with Gasteiger partial charge < -0.3 is 5.32 Å². The molecular weight excluding hydrogens is 333 g/mol. The van der Waals surface area contributed by atoms with Crippen molar-refractivity contribution in [1.82, 2.24) is 10.3 Å². The van der Waals surface area contributed by atoms with E-state index in [-0.39, 0.29) is 11.1 Å². The average Bonchev–Trinajstić information content (AvgIpc) is 2.95. The van der Waals surface area contributed by atoms with Gasteiger partial charge in [-0.1, -0.05) is 41.4 Å². The summed E-state index contributed by atoms with van der Waals surface area (Å²) in [6.45, 7) is 0.384. The highest BCUT2D eigenvalue weighted by atomic mass is 35.5. The van der Waals surface area contributed by atoms with Crippen molar-refractivity contribution in [3.63, 3.8) is 0 Å². The first-order valence-corrected chi connectivity index (χ1v) is 7.78. The van der Waals surface area contributed by atoms with Crippen molar-refractivity contribution < 1.29 is 4.79 Å². The van der Waals surface area contributed by atoms with Gasteiger partial charge in [-0.25, -0.2) is 4.99 Å². The van der Waals surface area contributed by atoms with Crippen molar-refractivity contribution in [3.8, 4) is 0 Å². The second kappa shape index (κ2) is 6.94. The van der Waals surface area contributed by atoms with Crippen molar-refractivity contribution in [2.75, 3.05) is 0 Å². The van der Waals surface area contributed by atoms with Crippen LogP contribution in [0.2, 0.25) is 5.02 Å². The number of carbonyl (C=O) groups excluding carboxylic acids is 1. The van der Waals surface area contributed by atoms with Crippen LogP contribution in [0.1, 0.15) is 17.5 Å². The summed E-state index contributed by atoms with van der Waals surface area (Å²) in [5, 5.41) is 3.71. The number of carbonyl (C=O) groups is 1. The zero-order valence-corrected chi connectivity index (χ0v) is 13.6. The third-order valence-corrected chi connectivity index (χ3v) is 3.99. The van der Waals surface area contributed by atoms with E-state index in [2.05, 4.69) is 15.3 Å². The summed E-state index contributed by atoms with van der Waals surface area (Å²) in [5.41, 5.74) is 3.00. The maximum atomic E-state index is 12.3. The Bertz CT molecular complexity index is 800. The number of rotatable bonds is 4. The number of halogens is 2. The second-order valence-electron chi connectivity index (χ2n) is 5.06. The molecule has 0 atom stereocenters. The van der Waals surface area contributed by atoms with Gasteiger partial charge in [-0.3, -0.25) is 9.78 Å². The molecule has 1 aliphatic rings. The molecule has 116 valence electrons. The lowest BCUT2D eigenvalue weighted by Crippen LogP contribution is -2.25. The molecular formula is C17H13Cl2N3O. The molecule has 3 rings (SSSR count). The van der Waals surface area contributed by atoms with Crippen molar-refractivity contribution in [2.24, 2.45) is 4.99 Å². The molecule has 1 aromatic carbocycles. The molecule has 0 radical (unpaired) electrons. The minimum atomic E-state index is -0.224. The molecule has 23 heavy (non-hydrogen) atoms. The minimum absolute atomic E-state index is 0.224. The van der Waals surface area contributed by atoms with E-state index in [0.29, 0.717) is 23.6 Å². The van der Waals surface area contributed by atoms with Crippen LogP contribution in [0.25, 0.3) is 0 Å². The normalized spacial score (nSPS) is 13.9. The summed E-state index contributed by atoms with van der Waals surface area (Å²) in [5.74, 6) is -0.224. The number of pyridine rings is 1. The molecule has 1 aliphatic heterocycles. The van der Waals surface area contributed by atoms with Crippen molar-refractivity contribution in [1.29, 1.82) is 0 Å². The SMILES string of the molecule is O=C(NCc1cccc(Cl)c1)C1=C(Cl)N=C(c2cccnc2)C1. The van der Waals surface area contributed by atoms with Gasteiger partial charge in [0.15, 0.2) is 0 Å². The first-order chi connectivity index (χ1) is 11.1. The molecule has 1 aromatic heterocycles. The molecule has 0 unspecified atom stereocenters. The van der Waals surface area contributed by atoms with Crippen LogP contribution in [0.15, 0.2) is 64.5 Å². The van der Waals surface area contributed by atoms with E-state index in [9.17, 15) is 4.79 Å². The average molecular weight is 346 g/mol. The van der Waals surface area contributed by atoms with E-state index in [1.807, 2.05) is 30.3 Å². The second-order valence-corrected chi connectivity index (χ2v) is 5.85. The quantitative estimate of drug-likeness (QED) is 0.859. The van der Waals surface area contributed by atoms with Crippen molar-refractivity contribution in [2.45, 2.75) is 13.0 Å². The highest BCUT2D eigenvalue weighted by molar-refractivity contribution is 6.34. The Hall–Kier alpha value is -2.17. The Morgan fingerprint density at radius 1 is 1.22 bits per heavy atom. The van der Waals surface area contributed by atoms with Crippen molar-refractivity contribution >= 4 is 34.8 Å². The molecule has 4 nitrogen and oxygen atoms in total. The molecule has 6 heteroatoms. The topological polar surface area (TPSA) is 54.4 Å². The van der Waals surface area contributed by atoms with Gasteiger partial charge in [-0.2, -0.15) is 0 Å². The highest BCUT2D eigenvalue weighted by Gasteiger charge is 2.23. The van der Waals surface area contributed by atoms with Crippen LogP contribution in [0.3, 0.4) is 0 Å². The van der Waals surface area contributed by atoms with E-state index >= 15 is 0 Å². The van der Waals surface area contributed by atoms with E-state index in [1.165, 1.54) is 0 Å². The molecule has 1 amide bonds. The first-order valence-electron chi connectivity index (χ1n) is 7.03. The standard InChI is InChI=1S/C17H13Cl2N3O/c18-13-5-1-3-11(7-13)9-21-17(23)14-8-15(22-16(14)19)12-4-2-6-20-10-12/h1-7,10H,8-9H2,(H,21,23). The number of benzene rings is 1. The van der Waals surface area contributed by atoms with Crippen LogP contribution in [-0.2, 0) is 11.3 Å². The fraction of sp³-hybridized carbons (Fsp3) is 0.118. The molecule has 2 aromatic rings. The molecule has 2 heterocycles. The van der Waals surface area contributed by atoms with Gasteiger partial charge in [0.25, 0.3) is 5.91 Å². The maximum Gasteiger partial charge on any atom is 0.250 e. The van der Waals surface area contributed by atoms with Gasteiger partial charge in [-0.05, 0) is 23.8 Å². The summed E-state index contributed by atoms with van der Waals surface area (Å²) < 4.78 is 0. The lowest BCUT2D eigenvalue weighted by Gasteiger charge is -2.07. The van der Waals surface area contributed by atoms with Gasteiger partial charge in [-0.15, -0.1) is 0 Å². The Labute approximate surface area is 143 Å². The summed E-state index contributed by atoms with van der Waals surface area (Å²) in [4.78, 5) is 20.6. The van der Waals surface area contributed by atoms with Crippen LogP contribution < -0.4 is 5.32 Å². The van der Waals surface area contributed by atoms with Gasteiger partial charge in [0.2, 0.25) is 0 Å². The maximum absolute atomic E-state index is 12.3. The molecule has 0 bridgehead atoms. The highest BCUT2D eigenvalue weighted by Crippen LogP contribution is 2.26. The lowest BCUT2D eigenvalue weighted by atomic mass is 10.1. The first kappa shape index (κ1) is 15.7. The smallest absolute Gasteiger partial charge is 0.250 e. The molecule has 1 N–H and O–H groups in total. The van der Waals surface area contributed by atoms with Gasteiger partial charge >= 0.3 is 0 Å². The van der Waals surface area contributed by atoms with Crippen LogP contribution >= 0.6 is 23.2 Å². The number of nitrogens with zero attached hydrogens (tertiary/aromatic N) is 2. The zero-order valence-electron chi connectivity index (χ0n) is 12.1. The molecule has 0 saturated heterocycles. The number of hydrogen-bond acceptors (Lipinski definition) is 3. The molecule has 0 spiro atoms. The van der Waals surface area contributed by atoms with Crippen LogP contribution in [0.4, 0.5) is 0 Å². The predicted octanol–water partition coefficient (Wildman–Crippen LogP) is 3.69. The van der Waals surface area contributed by atoms with Gasteiger partial charge in [0, 0.05) is 35.9 Å². The Morgan fingerprint density at radius 2 is 2.09 bits per heavy atom. The summed E-state index contributed by atoms with van der Waals surface area (Å²) >= 11 is 12.0. The number of aliphatic imine (C=N–C) groups is 1. The fourth-order valence-electron chi connectivity index (χ4n) is 2.28. The Kier molecular flexibility index (Phi) is 4.74. The molecule has 0 fully saturated rings. The van der Waals surface area contributed by atoms with Crippen LogP contribution in [0, 0.1) is 0 Å². The van der Waals surface area contributed by atoms with Crippen LogP contribution in [-0.4, -0.2) is 16.6 Å². The minimum Gasteiger partial charge on any atom is -0.348 e.